The van der Waals surface area contributed by atoms with Crippen molar-refractivity contribution in [3.05, 3.63) is 23.3 Å². The number of hydrogen-bond acceptors (Lipinski definition) is 2. The fourth-order valence-corrected chi connectivity index (χ4v) is 2.96. The van der Waals surface area contributed by atoms with Crippen molar-refractivity contribution in [3.63, 3.8) is 0 Å². The lowest BCUT2D eigenvalue weighted by molar-refractivity contribution is -0.121. The highest BCUT2D eigenvalue weighted by Gasteiger charge is 2.34. The van der Waals surface area contributed by atoms with Crippen LogP contribution in [0.25, 0.3) is 0 Å². The molecule has 0 saturated carbocycles. The Kier molecular flexibility index (Phi) is 6.18. The molecule has 0 radical (unpaired) electrons. The molecule has 3 nitrogen and oxygen atoms in total. The molecule has 1 rings (SSSR count). The minimum absolute atomic E-state index is 0.0230. The van der Waals surface area contributed by atoms with Crippen LogP contribution in [0, 0.1) is 5.92 Å². The summed E-state index contributed by atoms with van der Waals surface area (Å²) in [5.74, 6) is 0.495. The first-order valence-corrected chi connectivity index (χ1v) is 7.43. The summed E-state index contributed by atoms with van der Waals surface area (Å²) >= 11 is 0. The molecule has 0 saturated heterocycles. The summed E-state index contributed by atoms with van der Waals surface area (Å²) in [7, 11) is 0. The van der Waals surface area contributed by atoms with E-state index in [1.54, 1.807) is 6.92 Å². The molecule has 0 aromatic heterocycles. The van der Waals surface area contributed by atoms with Crippen molar-refractivity contribution < 1.29 is 9.59 Å². The van der Waals surface area contributed by atoms with Crippen molar-refractivity contribution in [3.8, 4) is 0 Å². The summed E-state index contributed by atoms with van der Waals surface area (Å²) in [4.78, 5) is 22.2. The van der Waals surface area contributed by atoms with E-state index in [0.717, 1.165) is 44.0 Å². The van der Waals surface area contributed by atoms with Gasteiger partial charge in [-0.25, -0.2) is 0 Å². The second-order valence-corrected chi connectivity index (χ2v) is 6.23. The van der Waals surface area contributed by atoms with Gasteiger partial charge in [-0.1, -0.05) is 17.7 Å². The van der Waals surface area contributed by atoms with Crippen molar-refractivity contribution in [2.45, 2.75) is 65.3 Å². The lowest BCUT2D eigenvalue weighted by Crippen LogP contribution is -2.51. The van der Waals surface area contributed by atoms with Crippen LogP contribution in [-0.2, 0) is 9.59 Å². The number of allylic oxidation sites excluding steroid dienone is 4. The molecule has 0 fully saturated rings. The SMILES string of the molecule is CC(=O)N[C@@](C)(CC/C=C(\C)C=O)[C@H]1CC=C(C)CC1. The van der Waals surface area contributed by atoms with E-state index in [1.165, 1.54) is 5.57 Å². The van der Waals surface area contributed by atoms with Crippen LogP contribution in [0.15, 0.2) is 23.3 Å². The lowest BCUT2D eigenvalue weighted by Gasteiger charge is -2.40. The van der Waals surface area contributed by atoms with Gasteiger partial charge in [0.05, 0.1) is 0 Å². The van der Waals surface area contributed by atoms with Crippen LogP contribution in [0.1, 0.15) is 59.8 Å². The average Bonchev–Trinajstić information content (AvgIpc) is 2.38. The number of carbonyl (C=O) groups excluding carboxylic acids is 2. The second kappa shape index (κ2) is 7.41. The number of hydrogen-bond donors (Lipinski definition) is 1. The molecule has 0 bridgehead atoms. The second-order valence-electron chi connectivity index (χ2n) is 6.23. The van der Waals surface area contributed by atoms with E-state index < -0.39 is 0 Å². The zero-order valence-electron chi connectivity index (χ0n) is 13.2. The molecular formula is C17H27NO2. The highest BCUT2D eigenvalue weighted by atomic mass is 16.1. The number of aldehydes is 1. The van der Waals surface area contributed by atoms with Crippen LogP contribution < -0.4 is 5.32 Å². The largest absolute Gasteiger partial charge is 0.351 e. The van der Waals surface area contributed by atoms with Crippen LogP contribution in [0.2, 0.25) is 0 Å². The molecule has 0 heterocycles. The number of amides is 1. The summed E-state index contributed by atoms with van der Waals surface area (Å²) in [5, 5.41) is 3.15. The molecule has 0 aromatic carbocycles. The number of carbonyl (C=O) groups is 2. The first kappa shape index (κ1) is 16.7. The summed E-state index contributed by atoms with van der Waals surface area (Å²) in [6, 6.07) is 0. The van der Waals surface area contributed by atoms with Crippen LogP contribution in [-0.4, -0.2) is 17.7 Å². The van der Waals surface area contributed by atoms with Crippen LogP contribution in [0.3, 0.4) is 0 Å². The Hall–Kier alpha value is -1.38. The first-order valence-electron chi connectivity index (χ1n) is 7.43. The van der Waals surface area contributed by atoms with E-state index in [9.17, 15) is 9.59 Å². The smallest absolute Gasteiger partial charge is 0.217 e. The summed E-state index contributed by atoms with van der Waals surface area (Å²) in [6.45, 7) is 7.70. The molecule has 3 heteroatoms. The van der Waals surface area contributed by atoms with Crippen molar-refractivity contribution in [1.82, 2.24) is 5.32 Å². The van der Waals surface area contributed by atoms with Crippen LogP contribution in [0.4, 0.5) is 0 Å². The van der Waals surface area contributed by atoms with Gasteiger partial charge in [-0.2, -0.15) is 0 Å². The van der Waals surface area contributed by atoms with E-state index in [2.05, 4.69) is 25.2 Å². The topological polar surface area (TPSA) is 46.2 Å². The third-order valence-corrected chi connectivity index (χ3v) is 4.32. The van der Waals surface area contributed by atoms with E-state index in [0.29, 0.717) is 5.92 Å². The van der Waals surface area contributed by atoms with Gasteiger partial charge in [-0.15, -0.1) is 0 Å². The molecule has 1 amide bonds. The lowest BCUT2D eigenvalue weighted by atomic mass is 9.74. The Bertz CT molecular complexity index is 423. The van der Waals surface area contributed by atoms with Crippen molar-refractivity contribution in [2.24, 2.45) is 5.92 Å². The van der Waals surface area contributed by atoms with E-state index in [1.807, 2.05) is 13.0 Å². The molecule has 1 aliphatic rings. The third kappa shape index (κ3) is 4.95. The highest BCUT2D eigenvalue weighted by Crippen LogP contribution is 2.34. The highest BCUT2D eigenvalue weighted by molar-refractivity contribution is 5.74. The zero-order chi connectivity index (χ0) is 15.2. The van der Waals surface area contributed by atoms with Crippen LogP contribution >= 0.6 is 0 Å². The minimum atomic E-state index is -0.192. The summed E-state index contributed by atoms with van der Waals surface area (Å²) in [5.41, 5.74) is 2.01. The quantitative estimate of drug-likeness (QED) is 0.458. The molecule has 0 aliphatic heterocycles. The molecule has 20 heavy (non-hydrogen) atoms. The fourth-order valence-electron chi connectivity index (χ4n) is 2.96. The molecule has 112 valence electrons. The zero-order valence-corrected chi connectivity index (χ0v) is 13.2. The monoisotopic (exact) mass is 277 g/mol. The Morgan fingerprint density at radius 2 is 2.20 bits per heavy atom. The third-order valence-electron chi connectivity index (χ3n) is 4.32. The van der Waals surface area contributed by atoms with E-state index in [4.69, 9.17) is 0 Å². The molecule has 0 spiro atoms. The molecule has 1 aliphatic carbocycles. The predicted octanol–water partition coefficient (Wildman–Crippen LogP) is 3.55. The minimum Gasteiger partial charge on any atom is -0.351 e. The molecule has 0 unspecified atom stereocenters. The van der Waals surface area contributed by atoms with Gasteiger partial charge in [-0.05, 0) is 64.4 Å². The molecule has 0 aromatic rings. The van der Waals surface area contributed by atoms with Gasteiger partial charge in [0.15, 0.2) is 0 Å². The number of nitrogens with one attached hydrogen (secondary N) is 1. The van der Waals surface area contributed by atoms with Crippen molar-refractivity contribution in [1.29, 1.82) is 0 Å². The normalized spacial score (nSPS) is 22.7. The first-order chi connectivity index (χ1) is 9.37. The van der Waals surface area contributed by atoms with Gasteiger partial charge >= 0.3 is 0 Å². The summed E-state index contributed by atoms with van der Waals surface area (Å²) in [6.07, 6.45) is 10.1. The van der Waals surface area contributed by atoms with Gasteiger partial charge in [-0.3, -0.25) is 9.59 Å². The Labute approximate surface area is 122 Å². The van der Waals surface area contributed by atoms with Crippen molar-refractivity contribution >= 4 is 12.2 Å². The van der Waals surface area contributed by atoms with Gasteiger partial charge < -0.3 is 5.32 Å². The average molecular weight is 277 g/mol. The van der Waals surface area contributed by atoms with E-state index >= 15 is 0 Å². The number of rotatable bonds is 6. The molecular weight excluding hydrogens is 250 g/mol. The maximum Gasteiger partial charge on any atom is 0.217 e. The van der Waals surface area contributed by atoms with Gasteiger partial charge in [0.1, 0.15) is 6.29 Å². The molecule has 1 N–H and O–H groups in total. The van der Waals surface area contributed by atoms with Crippen molar-refractivity contribution in [2.75, 3.05) is 0 Å². The van der Waals surface area contributed by atoms with Crippen LogP contribution in [0.5, 0.6) is 0 Å². The van der Waals surface area contributed by atoms with Gasteiger partial charge in [0, 0.05) is 12.5 Å². The Balaban J connectivity index is 2.75. The fraction of sp³-hybridized carbons (Fsp3) is 0.647. The summed E-state index contributed by atoms with van der Waals surface area (Å²) < 4.78 is 0. The predicted molar refractivity (Wildman–Crippen MR) is 82.4 cm³/mol. The Morgan fingerprint density at radius 3 is 2.70 bits per heavy atom. The van der Waals surface area contributed by atoms with Gasteiger partial charge in [0.25, 0.3) is 0 Å². The maximum absolute atomic E-state index is 11.5. The van der Waals surface area contributed by atoms with Gasteiger partial charge in [0.2, 0.25) is 5.91 Å². The molecule has 2 atom stereocenters. The van der Waals surface area contributed by atoms with E-state index in [-0.39, 0.29) is 11.4 Å². The maximum atomic E-state index is 11.5. The Morgan fingerprint density at radius 1 is 1.50 bits per heavy atom. The standard InChI is InChI=1S/C17H27NO2/c1-13-7-9-16(10-8-13)17(4,18-15(3)20)11-5-6-14(2)12-19/h6-7,12,16H,5,8-11H2,1-4H3,(H,18,20)/b14-6+/t16-,17-/m0/s1.